The van der Waals surface area contributed by atoms with Gasteiger partial charge in [0.05, 0.1) is 4.90 Å². The largest absolute Gasteiger partial charge is 0.352 e. The Hall–Kier alpha value is -1.70. The Morgan fingerprint density at radius 3 is 2.48 bits per heavy atom. The number of rotatable bonds is 7. The van der Waals surface area contributed by atoms with Crippen LogP contribution in [0.2, 0.25) is 0 Å². The maximum absolute atomic E-state index is 12.5. The van der Waals surface area contributed by atoms with Crippen molar-refractivity contribution >= 4 is 15.9 Å². The summed E-state index contributed by atoms with van der Waals surface area (Å²) in [6.45, 7) is 7.88. The van der Waals surface area contributed by atoms with E-state index in [0.29, 0.717) is 22.6 Å². The molecule has 0 aliphatic carbocycles. The smallest absolute Gasteiger partial charge is 0.241 e. The molecular formula is C18H27N3O3S. The van der Waals surface area contributed by atoms with Gasteiger partial charge < -0.3 is 10.6 Å². The summed E-state index contributed by atoms with van der Waals surface area (Å²) < 4.78 is 27.6. The van der Waals surface area contributed by atoms with Crippen LogP contribution in [0, 0.1) is 20.8 Å². The Labute approximate surface area is 150 Å². The third-order valence-corrected chi connectivity index (χ3v) is 5.95. The SMILES string of the molecule is Cc1cc(C)c(S(=O)(=O)NCCC(=O)NCC2=CCNCC2)c(C)c1. The van der Waals surface area contributed by atoms with Crippen molar-refractivity contribution in [2.45, 2.75) is 38.5 Å². The fourth-order valence-corrected chi connectivity index (χ4v) is 4.57. The summed E-state index contributed by atoms with van der Waals surface area (Å²) in [5.41, 5.74) is 3.67. The van der Waals surface area contributed by atoms with Gasteiger partial charge in [-0.25, -0.2) is 13.1 Å². The lowest BCUT2D eigenvalue weighted by molar-refractivity contribution is -0.120. The molecule has 6 nitrogen and oxygen atoms in total. The van der Waals surface area contributed by atoms with Gasteiger partial charge in [0.1, 0.15) is 0 Å². The van der Waals surface area contributed by atoms with Crippen molar-refractivity contribution < 1.29 is 13.2 Å². The number of benzene rings is 1. The van der Waals surface area contributed by atoms with E-state index in [4.69, 9.17) is 0 Å². The highest BCUT2D eigenvalue weighted by atomic mass is 32.2. The molecule has 0 saturated heterocycles. The van der Waals surface area contributed by atoms with Gasteiger partial charge in [-0.1, -0.05) is 29.3 Å². The molecule has 138 valence electrons. The Kier molecular flexibility index (Phi) is 6.75. The molecule has 0 fully saturated rings. The third kappa shape index (κ3) is 5.66. The molecule has 2 rings (SSSR count). The van der Waals surface area contributed by atoms with Crippen molar-refractivity contribution in [1.82, 2.24) is 15.4 Å². The molecule has 0 radical (unpaired) electrons. The number of hydrogen-bond acceptors (Lipinski definition) is 4. The van der Waals surface area contributed by atoms with Crippen LogP contribution in [0.15, 0.2) is 28.7 Å². The minimum atomic E-state index is -3.62. The van der Waals surface area contributed by atoms with Crippen molar-refractivity contribution in [2.75, 3.05) is 26.2 Å². The van der Waals surface area contributed by atoms with E-state index >= 15 is 0 Å². The number of carbonyl (C=O) groups is 1. The summed E-state index contributed by atoms with van der Waals surface area (Å²) >= 11 is 0. The Bertz CT molecular complexity index is 747. The van der Waals surface area contributed by atoms with E-state index in [1.807, 2.05) is 19.1 Å². The molecule has 25 heavy (non-hydrogen) atoms. The zero-order valence-electron chi connectivity index (χ0n) is 15.1. The molecule has 1 aliphatic rings. The normalized spacial score (nSPS) is 14.9. The minimum Gasteiger partial charge on any atom is -0.352 e. The average Bonchev–Trinajstić information content (AvgIpc) is 2.52. The molecule has 0 aromatic heterocycles. The topological polar surface area (TPSA) is 87.3 Å². The molecule has 1 amide bonds. The quantitative estimate of drug-likeness (QED) is 0.636. The number of carbonyl (C=O) groups excluding carboxylic acids is 1. The van der Waals surface area contributed by atoms with Crippen molar-refractivity contribution in [3.8, 4) is 0 Å². The molecular weight excluding hydrogens is 338 g/mol. The molecule has 0 spiro atoms. The first-order chi connectivity index (χ1) is 11.8. The highest BCUT2D eigenvalue weighted by Gasteiger charge is 2.19. The highest BCUT2D eigenvalue weighted by molar-refractivity contribution is 7.89. The van der Waals surface area contributed by atoms with Gasteiger partial charge in [-0.3, -0.25) is 4.79 Å². The molecule has 1 heterocycles. The van der Waals surface area contributed by atoms with Crippen LogP contribution in [0.4, 0.5) is 0 Å². The van der Waals surface area contributed by atoms with Gasteiger partial charge in [-0.2, -0.15) is 0 Å². The Morgan fingerprint density at radius 1 is 1.20 bits per heavy atom. The lowest BCUT2D eigenvalue weighted by Crippen LogP contribution is -2.33. The summed E-state index contributed by atoms with van der Waals surface area (Å²) in [5, 5.41) is 6.05. The van der Waals surface area contributed by atoms with E-state index < -0.39 is 10.0 Å². The zero-order valence-corrected chi connectivity index (χ0v) is 15.9. The average molecular weight is 365 g/mol. The predicted octanol–water partition coefficient (Wildman–Crippen LogP) is 1.32. The van der Waals surface area contributed by atoms with Gasteiger partial charge in [0.15, 0.2) is 0 Å². The summed E-state index contributed by atoms with van der Waals surface area (Å²) in [4.78, 5) is 12.2. The van der Waals surface area contributed by atoms with Gasteiger partial charge in [-0.05, 0) is 44.9 Å². The van der Waals surface area contributed by atoms with Crippen LogP contribution in [0.5, 0.6) is 0 Å². The van der Waals surface area contributed by atoms with E-state index in [1.165, 1.54) is 5.57 Å². The van der Waals surface area contributed by atoms with Crippen molar-refractivity contribution in [3.05, 3.63) is 40.5 Å². The van der Waals surface area contributed by atoms with E-state index in [9.17, 15) is 13.2 Å². The van der Waals surface area contributed by atoms with Gasteiger partial charge in [0.25, 0.3) is 0 Å². The number of amides is 1. The van der Waals surface area contributed by atoms with Gasteiger partial charge in [0.2, 0.25) is 15.9 Å². The van der Waals surface area contributed by atoms with Crippen molar-refractivity contribution in [2.24, 2.45) is 0 Å². The molecule has 0 atom stereocenters. The summed E-state index contributed by atoms with van der Waals surface area (Å²) in [7, 11) is -3.62. The van der Waals surface area contributed by atoms with Crippen LogP contribution in [-0.2, 0) is 14.8 Å². The maximum atomic E-state index is 12.5. The second kappa shape index (κ2) is 8.60. The molecule has 7 heteroatoms. The van der Waals surface area contributed by atoms with Gasteiger partial charge >= 0.3 is 0 Å². The van der Waals surface area contributed by atoms with Crippen LogP contribution in [0.1, 0.15) is 29.5 Å². The van der Waals surface area contributed by atoms with Crippen LogP contribution >= 0.6 is 0 Å². The second-order valence-corrected chi connectivity index (χ2v) is 8.17. The first-order valence-corrected chi connectivity index (χ1v) is 10.0. The van der Waals surface area contributed by atoms with E-state index in [1.54, 1.807) is 13.8 Å². The van der Waals surface area contributed by atoms with Crippen LogP contribution in [0.3, 0.4) is 0 Å². The van der Waals surface area contributed by atoms with Crippen LogP contribution in [-0.4, -0.2) is 40.5 Å². The second-order valence-electron chi connectivity index (χ2n) is 6.47. The monoisotopic (exact) mass is 365 g/mol. The number of hydrogen-bond donors (Lipinski definition) is 3. The summed E-state index contributed by atoms with van der Waals surface area (Å²) in [6, 6.07) is 3.70. The summed E-state index contributed by atoms with van der Waals surface area (Å²) in [6.07, 6.45) is 3.13. The molecule has 1 aliphatic heterocycles. The molecule has 0 bridgehead atoms. The number of aryl methyl sites for hydroxylation is 3. The van der Waals surface area contributed by atoms with E-state index in [-0.39, 0.29) is 18.9 Å². The summed E-state index contributed by atoms with van der Waals surface area (Å²) in [5.74, 6) is -0.153. The van der Waals surface area contributed by atoms with E-state index in [2.05, 4.69) is 21.4 Å². The standard InChI is InChI=1S/C18H27N3O3S/c1-13-10-14(2)18(15(3)11-13)25(23,24)21-9-6-17(22)20-12-16-4-7-19-8-5-16/h4,10-11,19,21H,5-9,12H2,1-3H3,(H,20,22). The fraction of sp³-hybridized carbons (Fsp3) is 0.500. The predicted molar refractivity (Wildman–Crippen MR) is 99.0 cm³/mol. The minimum absolute atomic E-state index is 0.0848. The highest BCUT2D eigenvalue weighted by Crippen LogP contribution is 2.21. The van der Waals surface area contributed by atoms with Crippen molar-refractivity contribution in [1.29, 1.82) is 0 Å². The third-order valence-electron chi connectivity index (χ3n) is 4.19. The fourth-order valence-electron chi connectivity index (χ4n) is 3.09. The van der Waals surface area contributed by atoms with Crippen LogP contribution < -0.4 is 15.4 Å². The number of sulfonamides is 1. The lowest BCUT2D eigenvalue weighted by atomic mass is 10.1. The zero-order chi connectivity index (χ0) is 18.4. The van der Waals surface area contributed by atoms with Crippen LogP contribution in [0.25, 0.3) is 0 Å². The molecule has 1 aromatic carbocycles. The first-order valence-electron chi connectivity index (χ1n) is 8.52. The number of nitrogens with one attached hydrogen (secondary N) is 3. The molecule has 3 N–H and O–H groups in total. The maximum Gasteiger partial charge on any atom is 0.241 e. The van der Waals surface area contributed by atoms with Gasteiger partial charge in [0, 0.05) is 26.1 Å². The molecule has 0 unspecified atom stereocenters. The van der Waals surface area contributed by atoms with Crippen molar-refractivity contribution in [3.63, 3.8) is 0 Å². The molecule has 1 aromatic rings. The Balaban J connectivity index is 1.86. The first kappa shape index (κ1) is 19.6. The van der Waals surface area contributed by atoms with E-state index in [0.717, 1.165) is 25.1 Å². The van der Waals surface area contributed by atoms with Gasteiger partial charge in [-0.15, -0.1) is 0 Å². The Morgan fingerprint density at radius 2 is 1.88 bits per heavy atom. The molecule has 0 saturated carbocycles. The lowest BCUT2D eigenvalue weighted by Gasteiger charge is -2.15.